The highest BCUT2D eigenvalue weighted by Gasteiger charge is 2.13. The highest BCUT2D eigenvalue weighted by atomic mass is 16.5. The summed E-state index contributed by atoms with van der Waals surface area (Å²) >= 11 is 0. The van der Waals surface area contributed by atoms with Gasteiger partial charge in [-0.25, -0.2) is 0 Å². The van der Waals surface area contributed by atoms with Crippen LogP contribution in [0.15, 0.2) is 42.5 Å². The normalized spacial score (nSPS) is 11.4. The summed E-state index contributed by atoms with van der Waals surface area (Å²) in [6.45, 7) is 7.06. The Labute approximate surface area is 165 Å². The molecule has 0 spiro atoms. The van der Waals surface area contributed by atoms with Crippen molar-refractivity contribution in [1.29, 1.82) is 0 Å². The van der Waals surface area contributed by atoms with Gasteiger partial charge in [0.25, 0.3) is 5.91 Å². The van der Waals surface area contributed by atoms with Gasteiger partial charge in [-0.2, -0.15) is 0 Å². The first-order valence-corrected chi connectivity index (χ1v) is 9.13. The Morgan fingerprint density at radius 3 is 2.29 bits per heavy atom. The fourth-order valence-electron chi connectivity index (χ4n) is 2.67. The molecule has 0 aliphatic carbocycles. The summed E-state index contributed by atoms with van der Waals surface area (Å²) in [5.74, 6) is -0.991. The number of hydrogen-bond donors (Lipinski definition) is 2. The SMILES string of the molecule is CC(=O)Nc1ccc(CC(=O)OCC(=O)N[C@@H](C)c2ccc(C)c(C)c2)cc1. The lowest BCUT2D eigenvalue weighted by atomic mass is 10.0. The van der Waals surface area contributed by atoms with Crippen LogP contribution >= 0.6 is 0 Å². The molecular formula is C22H26N2O4. The molecule has 2 N–H and O–H groups in total. The number of ether oxygens (including phenoxy) is 1. The zero-order chi connectivity index (χ0) is 20.7. The van der Waals surface area contributed by atoms with Crippen LogP contribution in [0.5, 0.6) is 0 Å². The second-order valence-electron chi connectivity index (χ2n) is 6.85. The van der Waals surface area contributed by atoms with Gasteiger partial charge in [-0.05, 0) is 55.2 Å². The number of carbonyl (C=O) groups is 3. The number of aryl methyl sites for hydroxylation is 2. The summed E-state index contributed by atoms with van der Waals surface area (Å²) in [7, 11) is 0. The first-order valence-electron chi connectivity index (χ1n) is 9.13. The van der Waals surface area contributed by atoms with Gasteiger partial charge in [-0.1, -0.05) is 30.3 Å². The summed E-state index contributed by atoms with van der Waals surface area (Å²) in [4.78, 5) is 35.0. The first-order chi connectivity index (χ1) is 13.2. The fourth-order valence-corrected chi connectivity index (χ4v) is 2.67. The molecule has 2 aromatic carbocycles. The lowest BCUT2D eigenvalue weighted by molar-refractivity contribution is -0.148. The molecule has 28 heavy (non-hydrogen) atoms. The molecule has 0 fully saturated rings. The van der Waals surface area contributed by atoms with Crippen molar-refractivity contribution in [2.24, 2.45) is 0 Å². The van der Waals surface area contributed by atoms with Crippen LogP contribution in [-0.4, -0.2) is 24.4 Å². The third-order valence-corrected chi connectivity index (χ3v) is 4.40. The zero-order valence-corrected chi connectivity index (χ0v) is 16.7. The molecule has 0 saturated carbocycles. The van der Waals surface area contributed by atoms with Crippen LogP contribution < -0.4 is 10.6 Å². The second-order valence-corrected chi connectivity index (χ2v) is 6.85. The fraction of sp³-hybridized carbons (Fsp3) is 0.318. The lowest BCUT2D eigenvalue weighted by Crippen LogP contribution is -2.31. The van der Waals surface area contributed by atoms with Crippen LogP contribution in [0.1, 0.15) is 42.1 Å². The summed E-state index contributed by atoms with van der Waals surface area (Å²) in [6.07, 6.45) is 0.0559. The van der Waals surface area contributed by atoms with Gasteiger partial charge in [-0.15, -0.1) is 0 Å². The Morgan fingerprint density at radius 2 is 1.68 bits per heavy atom. The van der Waals surface area contributed by atoms with E-state index in [0.29, 0.717) is 5.69 Å². The van der Waals surface area contributed by atoms with E-state index in [1.807, 2.05) is 39.0 Å². The quantitative estimate of drug-likeness (QED) is 0.720. The van der Waals surface area contributed by atoms with E-state index in [1.165, 1.54) is 12.5 Å². The largest absolute Gasteiger partial charge is 0.455 e. The molecule has 0 saturated heterocycles. The number of nitrogens with one attached hydrogen (secondary N) is 2. The Morgan fingerprint density at radius 1 is 1.00 bits per heavy atom. The van der Waals surface area contributed by atoms with E-state index < -0.39 is 5.97 Å². The van der Waals surface area contributed by atoms with Crippen LogP contribution in [0.2, 0.25) is 0 Å². The van der Waals surface area contributed by atoms with Crippen molar-refractivity contribution in [2.45, 2.75) is 40.2 Å². The second kappa shape index (κ2) is 9.69. The van der Waals surface area contributed by atoms with E-state index in [9.17, 15) is 14.4 Å². The smallest absolute Gasteiger partial charge is 0.310 e. The molecule has 0 aromatic heterocycles. The summed E-state index contributed by atoms with van der Waals surface area (Å²) < 4.78 is 5.06. The average Bonchev–Trinajstić information content (AvgIpc) is 2.63. The molecule has 2 amide bonds. The van der Waals surface area contributed by atoms with Gasteiger partial charge < -0.3 is 15.4 Å². The van der Waals surface area contributed by atoms with Crippen molar-refractivity contribution >= 4 is 23.5 Å². The van der Waals surface area contributed by atoms with Gasteiger partial charge in [0.1, 0.15) is 0 Å². The number of carbonyl (C=O) groups excluding carboxylic acids is 3. The predicted molar refractivity (Wildman–Crippen MR) is 108 cm³/mol. The minimum absolute atomic E-state index is 0.0559. The van der Waals surface area contributed by atoms with Gasteiger partial charge in [0.05, 0.1) is 12.5 Å². The molecule has 6 heteroatoms. The molecule has 6 nitrogen and oxygen atoms in total. The number of rotatable bonds is 7. The number of hydrogen-bond acceptors (Lipinski definition) is 4. The molecule has 2 aromatic rings. The molecule has 0 radical (unpaired) electrons. The van der Waals surface area contributed by atoms with E-state index in [2.05, 4.69) is 10.6 Å². The topological polar surface area (TPSA) is 84.5 Å². The van der Waals surface area contributed by atoms with Crippen molar-refractivity contribution < 1.29 is 19.1 Å². The van der Waals surface area contributed by atoms with Crippen molar-refractivity contribution in [1.82, 2.24) is 5.32 Å². The van der Waals surface area contributed by atoms with E-state index >= 15 is 0 Å². The van der Waals surface area contributed by atoms with Gasteiger partial charge in [0.15, 0.2) is 6.61 Å². The Bertz CT molecular complexity index is 859. The van der Waals surface area contributed by atoms with Gasteiger partial charge in [-0.3, -0.25) is 14.4 Å². The Balaban J connectivity index is 1.79. The predicted octanol–water partition coefficient (Wildman–Crippen LogP) is 3.22. The van der Waals surface area contributed by atoms with Crippen LogP contribution in [-0.2, 0) is 25.5 Å². The maximum atomic E-state index is 12.1. The Hall–Kier alpha value is -3.15. The maximum absolute atomic E-state index is 12.1. The molecule has 0 bridgehead atoms. The monoisotopic (exact) mass is 382 g/mol. The van der Waals surface area contributed by atoms with E-state index in [1.54, 1.807) is 24.3 Å². The third-order valence-electron chi connectivity index (χ3n) is 4.40. The summed E-state index contributed by atoms with van der Waals surface area (Å²) in [6, 6.07) is 12.7. The number of esters is 1. The highest BCUT2D eigenvalue weighted by molar-refractivity contribution is 5.88. The van der Waals surface area contributed by atoms with Crippen molar-refractivity contribution in [3.05, 3.63) is 64.7 Å². The molecule has 148 valence electrons. The molecule has 0 aliphatic heterocycles. The van der Waals surface area contributed by atoms with E-state index in [4.69, 9.17) is 4.74 Å². The van der Waals surface area contributed by atoms with E-state index in [-0.39, 0.29) is 30.9 Å². The minimum Gasteiger partial charge on any atom is -0.455 e. The van der Waals surface area contributed by atoms with Crippen molar-refractivity contribution in [3.8, 4) is 0 Å². The summed E-state index contributed by atoms with van der Waals surface area (Å²) in [5, 5.41) is 5.49. The van der Waals surface area contributed by atoms with Gasteiger partial charge >= 0.3 is 5.97 Å². The molecule has 0 unspecified atom stereocenters. The van der Waals surface area contributed by atoms with Crippen LogP contribution in [0.25, 0.3) is 0 Å². The average molecular weight is 382 g/mol. The highest BCUT2D eigenvalue weighted by Crippen LogP contribution is 2.16. The van der Waals surface area contributed by atoms with Gasteiger partial charge in [0.2, 0.25) is 5.91 Å². The van der Waals surface area contributed by atoms with E-state index in [0.717, 1.165) is 16.7 Å². The van der Waals surface area contributed by atoms with Crippen LogP contribution in [0.4, 0.5) is 5.69 Å². The molecule has 1 atom stereocenters. The van der Waals surface area contributed by atoms with Crippen LogP contribution in [0.3, 0.4) is 0 Å². The molecule has 0 aliphatic rings. The number of benzene rings is 2. The zero-order valence-electron chi connectivity index (χ0n) is 16.7. The molecule has 0 heterocycles. The Kier molecular flexibility index (Phi) is 7.32. The third kappa shape index (κ3) is 6.54. The van der Waals surface area contributed by atoms with Crippen molar-refractivity contribution in [2.75, 3.05) is 11.9 Å². The first kappa shape index (κ1) is 21.2. The standard InChI is InChI=1S/C22H26N2O4/c1-14-5-8-19(11-15(14)2)16(3)23-21(26)13-28-22(27)12-18-6-9-20(10-7-18)24-17(4)25/h5-11,16H,12-13H2,1-4H3,(H,23,26)(H,24,25)/t16-/m0/s1. The van der Waals surface area contributed by atoms with Gasteiger partial charge in [0, 0.05) is 12.6 Å². The number of anilines is 1. The molecule has 2 rings (SSSR count). The summed E-state index contributed by atoms with van der Waals surface area (Å²) in [5.41, 5.74) is 4.75. The lowest BCUT2D eigenvalue weighted by Gasteiger charge is -2.15. The van der Waals surface area contributed by atoms with Crippen molar-refractivity contribution in [3.63, 3.8) is 0 Å². The maximum Gasteiger partial charge on any atom is 0.310 e. The minimum atomic E-state index is -0.485. The number of amides is 2. The molecular weight excluding hydrogens is 356 g/mol. The van der Waals surface area contributed by atoms with Crippen LogP contribution in [0, 0.1) is 13.8 Å².